The van der Waals surface area contributed by atoms with E-state index in [1.807, 2.05) is 17.0 Å². The third kappa shape index (κ3) is 5.07. The number of carbonyl (C=O) groups excluding carboxylic acids is 2. The Kier molecular flexibility index (Phi) is 7.47. The van der Waals surface area contributed by atoms with Gasteiger partial charge in [-0.05, 0) is 66.0 Å². The molecule has 0 radical (unpaired) electrons. The van der Waals surface area contributed by atoms with Crippen LogP contribution in [0.5, 0.6) is 0 Å². The zero-order valence-corrected chi connectivity index (χ0v) is 20.8. The molecule has 0 saturated carbocycles. The molecule has 0 bridgehead atoms. The number of fused-ring (bicyclic) bond motifs is 1. The van der Waals surface area contributed by atoms with E-state index in [-0.39, 0.29) is 24.1 Å². The predicted molar refractivity (Wildman–Crippen MR) is 135 cm³/mol. The number of thiophene rings is 1. The van der Waals surface area contributed by atoms with Gasteiger partial charge in [0.15, 0.2) is 0 Å². The molecule has 2 aromatic carbocycles. The molecule has 0 fully saturated rings. The molecule has 1 atom stereocenters. The fraction of sp³-hybridized carbons (Fsp3) is 0.357. The summed E-state index contributed by atoms with van der Waals surface area (Å²) >= 11 is 1.73. The van der Waals surface area contributed by atoms with Gasteiger partial charge in [0.25, 0.3) is 5.91 Å². The average Bonchev–Trinajstić information content (AvgIpc) is 3.30. The Bertz CT molecular complexity index is 1170. The summed E-state index contributed by atoms with van der Waals surface area (Å²) in [4.78, 5) is 31.7. The molecule has 178 valence electrons. The highest BCUT2D eigenvalue weighted by atomic mass is 32.1. The Morgan fingerprint density at radius 2 is 1.82 bits per heavy atom. The zero-order valence-electron chi connectivity index (χ0n) is 20.0. The van der Waals surface area contributed by atoms with E-state index in [4.69, 9.17) is 0 Å². The first-order chi connectivity index (χ1) is 16.4. The Morgan fingerprint density at radius 3 is 2.56 bits per heavy atom. The third-order valence-corrected chi connectivity index (χ3v) is 7.46. The Hall–Kier alpha value is -2.99. The number of amides is 2. The largest absolute Gasteiger partial charge is 0.330 e. The van der Waals surface area contributed by atoms with E-state index >= 15 is 0 Å². The van der Waals surface area contributed by atoms with Gasteiger partial charge in [0, 0.05) is 18.0 Å². The lowest BCUT2D eigenvalue weighted by atomic mass is 9.90. The molecule has 0 spiro atoms. The van der Waals surface area contributed by atoms with E-state index < -0.39 is 11.7 Å². The first-order valence-corrected chi connectivity index (χ1v) is 12.7. The van der Waals surface area contributed by atoms with Crippen LogP contribution in [0.1, 0.15) is 58.2 Å². The second-order valence-corrected chi connectivity index (χ2v) is 10.3. The lowest BCUT2D eigenvalue weighted by Gasteiger charge is -2.38. The summed E-state index contributed by atoms with van der Waals surface area (Å²) in [5.74, 6) is -0.756. The highest BCUT2D eigenvalue weighted by Crippen LogP contribution is 2.39. The van der Waals surface area contributed by atoms with Crippen LogP contribution in [0.3, 0.4) is 0 Å². The number of hydrogen-bond donors (Lipinski definition) is 0. The molecule has 6 heteroatoms. The van der Waals surface area contributed by atoms with Crippen molar-refractivity contribution in [1.82, 2.24) is 9.80 Å². The summed E-state index contributed by atoms with van der Waals surface area (Å²) in [5, 5.41) is 2.08. The summed E-state index contributed by atoms with van der Waals surface area (Å²) in [6.45, 7) is 7.15. The van der Waals surface area contributed by atoms with Crippen molar-refractivity contribution in [2.24, 2.45) is 5.92 Å². The van der Waals surface area contributed by atoms with Crippen molar-refractivity contribution in [2.45, 2.75) is 39.7 Å². The lowest BCUT2D eigenvalue weighted by Crippen LogP contribution is -2.47. The number of aryl methyl sites for hydroxylation is 1. The highest BCUT2D eigenvalue weighted by molar-refractivity contribution is 7.10. The summed E-state index contributed by atoms with van der Waals surface area (Å²) in [7, 11) is 0. The quantitative estimate of drug-likeness (QED) is 0.427. The molecule has 0 aliphatic carbocycles. The number of carbonyl (C=O) groups is 2. The molecule has 1 aromatic heterocycles. The molecule has 2 heterocycles. The summed E-state index contributed by atoms with van der Waals surface area (Å²) in [6, 6.07) is 16.1. The molecule has 0 saturated heterocycles. The van der Waals surface area contributed by atoms with E-state index in [2.05, 4.69) is 44.4 Å². The molecule has 0 N–H and O–H groups in total. The molecule has 4 nitrogen and oxygen atoms in total. The van der Waals surface area contributed by atoms with Gasteiger partial charge in [-0.1, -0.05) is 50.2 Å². The van der Waals surface area contributed by atoms with E-state index in [9.17, 15) is 14.0 Å². The maximum Gasteiger partial charge on any atom is 0.257 e. The van der Waals surface area contributed by atoms with Gasteiger partial charge in [-0.3, -0.25) is 9.59 Å². The summed E-state index contributed by atoms with van der Waals surface area (Å²) in [5.41, 5.74) is 3.40. The van der Waals surface area contributed by atoms with Gasteiger partial charge in [-0.25, -0.2) is 4.39 Å². The smallest absolute Gasteiger partial charge is 0.257 e. The Balaban J connectivity index is 1.64. The minimum atomic E-state index is -0.562. The molecule has 3 aromatic rings. The van der Waals surface area contributed by atoms with Gasteiger partial charge >= 0.3 is 0 Å². The van der Waals surface area contributed by atoms with Crippen LogP contribution in [-0.4, -0.2) is 41.2 Å². The molecular weight excluding hydrogens is 447 g/mol. The minimum Gasteiger partial charge on any atom is -0.330 e. The first-order valence-electron chi connectivity index (χ1n) is 11.8. The van der Waals surface area contributed by atoms with Crippen LogP contribution in [0, 0.1) is 18.7 Å². The predicted octanol–water partition coefficient (Wildman–Crippen LogP) is 5.86. The number of rotatable bonds is 7. The van der Waals surface area contributed by atoms with Crippen molar-refractivity contribution in [2.75, 3.05) is 19.6 Å². The Morgan fingerprint density at radius 1 is 1.09 bits per heavy atom. The number of nitrogens with zero attached hydrogens (tertiary/aromatic N) is 2. The first kappa shape index (κ1) is 24.1. The maximum atomic E-state index is 14.4. The third-order valence-electron chi connectivity index (χ3n) is 6.46. The monoisotopic (exact) mass is 478 g/mol. The zero-order chi connectivity index (χ0) is 24.2. The van der Waals surface area contributed by atoms with Crippen LogP contribution in [0.4, 0.5) is 4.39 Å². The van der Waals surface area contributed by atoms with E-state index in [0.29, 0.717) is 19.0 Å². The van der Waals surface area contributed by atoms with Crippen LogP contribution in [0.2, 0.25) is 0 Å². The fourth-order valence-corrected chi connectivity index (χ4v) is 5.44. The van der Waals surface area contributed by atoms with Crippen molar-refractivity contribution in [3.63, 3.8) is 0 Å². The van der Waals surface area contributed by atoms with Crippen molar-refractivity contribution in [1.29, 1.82) is 0 Å². The number of benzene rings is 2. The molecule has 2 amide bonds. The van der Waals surface area contributed by atoms with Crippen LogP contribution < -0.4 is 0 Å². The molecule has 1 aliphatic heterocycles. The van der Waals surface area contributed by atoms with E-state index in [1.54, 1.807) is 23.5 Å². The molecule has 4 rings (SSSR count). The van der Waals surface area contributed by atoms with E-state index in [1.165, 1.54) is 21.9 Å². The molecule has 34 heavy (non-hydrogen) atoms. The molecular formula is C28H31FN2O2S. The second kappa shape index (κ2) is 10.5. The van der Waals surface area contributed by atoms with Gasteiger partial charge < -0.3 is 9.80 Å². The fourth-order valence-electron chi connectivity index (χ4n) is 4.54. The van der Waals surface area contributed by atoms with Gasteiger partial charge in [0.05, 0.1) is 11.6 Å². The normalized spacial score (nSPS) is 15.3. The van der Waals surface area contributed by atoms with Crippen LogP contribution in [0.25, 0.3) is 0 Å². The topological polar surface area (TPSA) is 40.6 Å². The van der Waals surface area contributed by atoms with Crippen molar-refractivity contribution < 1.29 is 14.0 Å². The second-order valence-electron chi connectivity index (χ2n) is 9.28. The van der Waals surface area contributed by atoms with Crippen molar-refractivity contribution in [3.8, 4) is 0 Å². The Labute approximate surface area is 205 Å². The SMILES string of the molecule is Cc1ccccc1C1c2ccsc2CCN1C(=O)CN(CCC(C)C)C(=O)c1ccccc1F. The summed E-state index contributed by atoms with van der Waals surface area (Å²) < 4.78 is 14.4. The van der Waals surface area contributed by atoms with Gasteiger partial charge in [-0.2, -0.15) is 0 Å². The van der Waals surface area contributed by atoms with Crippen molar-refractivity contribution >= 4 is 23.2 Å². The van der Waals surface area contributed by atoms with E-state index in [0.717, 1.165) is 29.5 Å². The summed E-state index contributed by atoms with van der Waals surface area (Å²) in [6.07, 6.45) is 1.54. The van der Waals surface area contributed by atoms with Gasteiger partial charge in [0.1, 0.15) is 12.4 Å². The van der Waals surface area contributed by atoms with Gasteiger partial charge in [0.2, 0.25) is 5.91 Å². The minimum absolute atomic E-state index is 0.00766. The van der Waals surface area contributed by atoms with Crippen LogP contribution in [0.15, 0.2) is 60.0 Å². The molecule has 1 unspecified atom stereocenters. The maximum absolute atomic E-state index is 14.4. The average molecular weight is 479 g/mol. The van der Waals surface area contributed by atoms with Gasteiger partial charge in [-0.15, -0.1) is 11.3 Å². The van der Waals surface area contributed by atoms with Crippen LogP contribution in [-0.2, 0) is 11.2 Å². The molecule has 1 aliphatic rings. The van der Waals surface area contributed by atoms with Crippen LogP contribution >= 0.6 is 11.3 Å². The lowest BCUT2D eigenvalue weighted by molar-refractivity contribution is -0.134. The van der Waals surface area contributed by atoms with Crippen molar-refractivity contribution in [3.05, 3.63) is 92.9 Å². The standard InChI is InChI=1S/C28H31FN2O2S/c1-19(2)12-15-30(28(33)22-10-6-7-11-24(22)29)18-26(32)31-16-13-25-23(14-17-34-25)27(31)21-9-5-4-8-20(21)3/h4-11,14,17,19,27H,12-13,15-16,18H2,1-3H3. The highest BCUT2D eigenvalue weighted by Gasteiger charge is 2.35. The number of halogens is 1. The number of hydrogen-bond acceptors (Lipinski definition) is 3.